The first kappa shape index (κ1) is 12.7. The molecule has 0 saturated carbocycles. The van der Waals surface area contributed by atoms with Crippen LogP contribution in [0, 0.1) is 17.2 Å². The molecule has 2 aromatic rings. The number of amides is 1. The summed E-state index contributed by atoms with van der Waals surface area (Å²) in [4.78, 5) is 14.2. The number of hydrogen-bond acceptors (Lipinski definition) is 2. The highest BCUT2D eigenvalue weighted by Gasteiger charge is 2.22. The van der Waals surface area contributed by atoms with E-state index in [1.807, 2.05) is 39.9 Å². The van der Waals surface area contributed by atoms with Gasteiger partial charge in [-0.15, -0.1) is 0 Å². The van der Waals surface area contributed by atoms with E-state index in [4.69, 9.17) is 5.26 Å². The van der Waals surface area contributed by atoms with Crippen LogP contribution in [0.1, 0.15) is 12.8 Å². The molecule has 2 heterocycles. The van der Waals surface area contributed by atoms with Gasteiger partial charge in [0.05, 0.1) is 6.07 Å². The lowest BCUT2D eigenvalue weighted by molar-refractivity contribution is -0.132. The van der Waals surface area contributed by atoms with E-state index in [-0.39, 0.29) is 11.8 Å². The number of hydrogen-bond donors (Lipinski definition) is 0. The maximum absolute atomic E-state index is 12.3. The molecule has 0 aliphatic carbocycles. The van der Waals surface area contributed by atoms with Crippen LogP contribution in [0.15, 0.2) is 36.5 Å². The molecular formula is C16H17N3O. The number of benzene rings is 1. The summed E-state index contributed by atoms with van der Waals surface area (Å²) < 4.78 is 1.99. The quantitative estimate of drug-likeness (QED) is 0.839. The van der Waals surface area contributed by atoms with Crippen molar-refractivity contribution in [3.63, 3.8) is 0 Å². The van der Waals surface area contributed by atoms with E-state index in [1.165, 1.54) is 0 Å². The molecule has 0 spiro atoms. The Hall–Kier alpha value is -2.28. The number of fused-ring (bicyclic) bond motifs is 1. The first-order valence-corrected chi connectivity index (χ1v) is 6.99. The number of piperidine rings is 1. The number of aromatic nitrogens is 1. The zero-order valence-electron chi connectivity index (χ0n) is 11.3. The van der Waals surface area contributed by atoms with Crippen LogP contribution in [-0.2, 0) is 11.3 Å². The van der Waals surface area contributed by atoms with E-state index in [9.17, 15) is 4.79 Å². The second kappa shape index (κ2) is 5.38. The Kier molecular flexibility index (Phi) is 3.42. The fourth-order valence-electron chi connectivity index (χ4n) is 2.78. The molecule has 1 saturated heterocycles. The summed E-state index contributed by atoms with van der Waals surface area (Å²) in [5.41, 5.74) is 1.09. The molecule has 1 aliphatic rings. The van der Waals surface area contributed by atoms with E-state index >= 15 is 0 Å². The molecule has 1 aliphatic heterocycles. The Balaban J connectivity index is 1.69. The monoisotopic (exact) mass is 267 g/mol. The fourth-order valence-corrected chi connectivity index (χ4v) is 2.78. The van der Waals surface area contributed by atoms with Gasteiger partial charge in [0.25, 0.3) is 0 Å². The molecule has 1 aromatic heterocycles. The van der Waals surface area contributed by atoms with Crippen molar-refractivity contribution in [2.45, 2.75) is 19.4 Å². The van der Waals surface area contributed by atoms with Crippen molar-refractivity contribution in [2.75, 3.05) is 13.1 Å². The van der Waals surface area contributed by atoms with Gasteiger partial charge in [-0.25, -0.2) is 0 Å². The van der Waals surface area contributed by atoms with E-state index in [0.717, 1.165) is 23.7 Å². The fraction of sp³-hybridized carbons (Fsp3) is 0.375. The minimum Gasteiger partial charge on any atom is -0.341 e. The predicted octanol–water partition coefficient (Wildman–Crippen LogP) is 2.40. The molecule has 1 amide bonds. The lowest BCUT2D eigenvalue weighted by Crippen LogP contribution is -2.39. The van der Waals surface area contributed by atoms with Gasteiger partial charge in [0.15, 0.2) is 0 Å². The summed E-state index contributed by atoms with van der Waals surface area (Å²) in [7, 11) is 0. The Morgan fingerprint density at radius 1 is 1.25 bits per heavy atom. The average molecular weight is 267 g/mol. The molecular weight excluding hydrogens is 250 g/mol. The van der Waals surface area contributed by atoms with E-state index in [1.54, 1.807) is 0 Å². The molecule has 20 heavy (non-hydrogen) atoms. The number of para-hydroxylation sites is 1. The Morgan fingerprint density at radius 3 is 2.75 bits per heavy atom. The van der Waals surface area contributed by atoms with Crippen LogP contribution >= 0.6 is 0 Å². The summed E-state index contributed by atoms with van der Waals surface area (Å²) in [6, 6.07) is 12.4. The summed E-state index contributed by atoms with van der Waals surface area (Å²) >= 11 is 0. The van der Waals surface area contributed by atoms with Crippen molar-refractivity contribution in [3.8, 4) is 6.07 Å². The molecule has 0 atom stereocenters. The molecule has 0 unspecified atom stereocenters. The number of rotatable bonds is 2. The summed E-state index contributed by atoms with van der Waals surface area (Å²) in [5.74, 6) is 0.259. The van der Waals surface area contributed by atoms with Crippen LogP contribution in [-0.4, -0.2) is 28.5 Å². The van der Waals surface area contributed by atoms with Gasteiger partial charge in [0, 0.05) is 30.7 Å². The van der Waals surface area contributed by atoms with Crippen LogP contribution in [0.25, 0.3) is 10.9 Å². The first-order chi connectivity index (χ1) is 9.78. The number of likely N-dealkylation sites (tertiary alicyclic amines) is 1. The standard InChI is InChI=1S/C16H17N3O/c17-11-13-5-8-18(9-6-13)16(20)12-19-10-7-14-3-1-2-4-15(14)19/h1-4,7,10,13H,5-6,8-9,12H2. The van der Waals surface area contributed by atoms with Gasteiger partial charge in [-0.1, -0.05) is 18.2 Å². The lowest BCUT2D eigenvalue weighted by Gasteiger charge is -2.29. The molecule has 0 radical (unpaired) electrons. The highest BCUT2D eigenvalue weighted by Crippen LogP contribution is 2.18. The van der Waals surface area contributed by atoms with Crippen molar-refractivity contribution in [2.24, 2.45) is 5.92 Å². The maximum atomic E-state index is 12.3. The topological polar surface area (TPSA) is 49.0 Å². The zero-order chi connectivity index (χ0) is 13.9. The average Bonchev–Trinajstić information content (AvgIpc) is 2.91. The van der Waals surface area contributed by atoms with Crippen LogP contribution in [0.4, 0.5) is 0 Å². The molecule has 102 valence electrons. The largest absolute Gasteiger partial charge is 0.341 e. The van der Waals surface area contributed by atoms with Crippen LogP contribution in [0.3, 0.4) is 0 Å². The van der Waals surface area contributed by atoms with Gasteiger partial charge < -0.3 is 9.47 Å². The zero-order valence-corrected chi connectivity index (χ0v) is 11.3. The third-order valence-electron chi connectivity index (χ3n) is 4.02. The Labute approximate surface area is 118 Å². The van der Waals surface area contributed by atoms with E-state index in [0.29, 0.717) is 19.6 Å². The predicted molar refractivity (Wildman–Crippen MR) is 76.9 cm³/mol. The molecule has 4 heteroatoms. The van der Waals surface area contributed by atoms with Gasteiger partial charge in [0.1, 0.15) is 6.54 Å². The normalized spacial score (nSPS) is 16.2. The van der Waals surface area contributed by atoms with E-state index < -0.39 is 0 Å². The highest BCUT2D eigenvalue weighted by molar-refractivity contribution is 5.83. The summed E-state index contributed by atoms with van der Waals surface area (Å²) in [5, 5.41) is 10.0. The van der Waals surface area contributed by atoms with Crippen molar-refractivity contribution >= 4 is 16.8 Å². The van der Waals surface area contributed by atoms with Crippen molar-refractivity contribution in [1.82, 2.24) is 9.47 Å². The third-order valence-corrected chi connectivity index (χ3v) is 4.02. The van der Waals surface area contributed by atoms with Gasteiger partial charge in [-0.05, 0) is 30.4 Å². The Morgan fingerprint density at radius 2 is 2.00 bits per heavy atom. The summed E-state index contributed by atoms with van der Waals surface area (Å²) in [6.07, 6.45) is 3.56. The van der Waals surface area contributed by atoms with Crippen molar-refractivity contribution < 1.29 is 4.79 Å². The molecule has 3 rings (SSSR count). The number of nitriles is 1. The number of carbonyl (C=O) groups is 1. The van der Waals surface area contributed by atoms with Crippen molar-refractivity contribution in [1.29, 1.82) is 5.26 Å². The maximum Gasteiger partial charge on any atom is 0.242 e. The highest BCUT2D eigenvalue weighted by atomic mass is 16.2. The van der Waals surface area contributed by atoms with Gasteiger partial charge in [0.2, 0.25) is 5.91 Å². The second-order valence-electron chi connectivity index (χ2n) is 5.29. The van der Waals surface area contributed by atoms with Crippen LogP contribution in [0.2, 0.25) is 0 Å². The van der Waals surface area contributed by atoms with Gasteiger partial charge in [-0.2, -0.15) is 5.26 Å². The van der Waals surface area contributed by atoms with Crippen LogP contribution in [0.5, 0.6) is 0 Å². The minimum atomic E-state index is 0.117. The molecule has 0 N–H and O–H groups in total. The van der Waals surface area contributed by atoms with Crippen molar-refractivity contribution in [3.05, 3.63) is 36.5 Å². The summed E-state index contributed by atoms with van der Waals surface area (Å²) in [6.45, 7) is 1.79. The smallest absolute Gasteiger partial charge is 0.242 e. The third kappa shape index (κ3) is 2.39. The molecule has 1 fully saturated rings. The number of nitrogens with zero attached hydrogens (tertiary/aromatic N) is 3. The SMILES string of the molecule is N#CC1CCN(C(=O)Cn2ccc3ccccc32)CC1. The molecule has 1 aromatic carbocycles. The van der Waals surface area contributed by atoms with E-state index in [2.05, 4.69) is 12.1 Å². The molecule has 4 nitrogen and oxygen atoms in total. The second-order valence-corrected chi connectivity index (χ2v) is 5.29. The van der Waals surface area contributed by atoms with Gasteiger partial charge >= 0.3 is 0 Å². The van der Waals surface area contributed by atoms with Gasteiger partial charge in [-0.3, -0.25) is 4.79 Å². The first-order valence-electron chi connectivity index (χ1n) is 6.99. The lowest BCUT2D eigenvalue weighted by atomic mass is 9.99. The molecule has 0 bridgehead atoms. The Bertz CT molecular complexity index is 660. The van der Waals surface area contributed by atoms with Crippen LogP contribution < -0.4 is 0 Å². The minimum absolute atomic E-state index is 0.117. The number of carbonyl (C=O) groups excluding carboxylic acids is 1.